The first-order chi connectivity index (χ1) is 13.6. The molecule has 1 N–H and O–H groups in total. The van der Waals surface area contributed by atoms with Gasteiger partial charge in [-0.1, -0.05) is 11.3 Å². The molecule has 7 nitrogen and oxygen atoms in total. The summed E-state index contributed by atoms with van der Waals surface area (Å²) < 4.78 is 10.8. The zero-order chi connectivity index (χ0) is 19.5. The van der Waals surface area contributed by atoms with Crippen molar-refractivity contribution in [2.75, 3.05) is 18.5 Å². The number of hydrogen-bond donors (Lipinski definition) is 1. The van der Waals surface area contributed by atoms with Crippen LogP contribution < -0.4 is 5.32 Å². The summed E-state index contributed by atoms with van der Waals surface area (Å²) in [6, 6.07) is 5.25. The monoisotopic (exact) mass is 397 g/mol. The number of carbonyl (C=O) groups excluding carboxylic acids is 2. The van der Waals surface area contributed by atoms with E-state index in [0.717, 1.165) is 5.56 Å². The molecule has 28 heavy (non-hydrogen) atoms. The molecule has 1 fully saturated rings. The molecule has 3 aromatic rings. The fraction of sp³-hybridized carbons (Fsp3) is 0.300. The molecule has 1 amide bonds. The average molecular weight is 397 g/mol. The van der Waals surface area contributed by atoms with Gasteiger partial charge in [0.05, 0.1) is 11.8 Å². The Balaban J connectivity index is 1.63. The molecule has 4 rings (SSSR count). The summed E-state index contributed by atoms with van der Waals surface area (Å²) in [5.41, 5.74) is 1.79. The first-order valence-corrected chi connectivity index (χ1v) is 9.83. The van der Waals surface area contributed by atoms with Crippen LogP contribution in [0.2, 0.25) is 0 Å². The fourth-order valence-electron chi connectivity index (χ4n) is 3.11. The molecule has 0 bridgehead atoms. The van der Waals surface area contributed by atoms with Crippen LogP contribution in [0.25, 0.3) is 11.5 Å². The normalized spacial score (nSPS) is 14.8. The smallest absolute Gasteiger partial charge is 0.259 e. The van der Waals surface area contributed by atoms with Crippen LogP contribution >= 0.6 is 11.3 Å². The molecule has 0 spiro atoms. The Labute approximate surface area is 165 Å². The number of carbonyl (C=O) groups is 2. The van der Waals surface area contributed by atoms with Crippen molar-refractivity contribution in [1.82, 2.24) is 9.97 Å². The minimum atomic E-state index is -0.319. The third-order valence-electron chi connectivity index (χ3n) is 4.56. The number of hydrogen-bond acceptors (Lipinski definition) is 7. The standard InChI is InChI=1S/C20H19N3O4S/c1-12-9-14(11-21-10-12)19(25)23-20-22-16(15-3-2-6-27-15)18(28-20)17(24)13-4-7-26-8-5-13/h2-3,6,9-11,13H,4-5,7-8H2,1H3,(H,22,23,25). The van der Waals surface area contributed by atoms with Gasteiger partial charge in [-0.3, -0.25) is 19.9 Å². The van der Waals surface area contributed by atoms with Crippen LogP contribution in [0.15, 0.2) is 41.3 Å². The van der Waals surface area contributed by atoms with Crippen LogP contribution in [0, 0.1) is 12.8 Å². The number of aromatic nitrogens is 2. The van der Waals surface area contributed by atoms with Crippen LogP contribution in [0.1, 0.15) is 38.4 Å². The number of thiazole rings is 1. The van der Waals surface area contributed by atoms with Gasteiger partial charge in [0.25, 0.3) is 5.91 Å². The average Bonchev–Trinajstić information content (AvgIpc) is 3.38. The predicted molar refractivity (Wildman–Crippen MR) is 105 cm³/mol. The molecule has 3 aromatic heterocycles. The predicted octanol–water partition coefficient (Wildman–Crippen LogP) is 3.97. The van der Waals surface area contributed by atoms with Gasteiger partial charge >= 0.3 is 0 Å². The number of amides is 1. The molecular weight excluding hydrogens is 378 g/mol. The van der Waals surface area contributed by atoms with Crippen LogP contribution in [0.3, 0.4) is 0 Å². The Hall–Kier alpha value is -2.84. The Morgan fingerprint density at radius 2 is 2.07 bits per heavy atom. The molecule has 0 radical (unpaired) electrons. The zero-order valence-electron chi connectivity index (χ0n) is 15.3. The molecule has 4 heterocycles. The summed E-state index contributed by atoms with van der Waals surface area (Å²) in [5, 5.41) is 3.13. The van der Waals surface area contributed by atoms with E-state index in [0.29, 0.717) is 53.1 Å². The van der Waals surface area contributed by atoms with Crippen molar-refractivity contribution in [2.45, 2.75) is 19.8 Å². The lowest BCUT2D eigenvalue weighted by molar-refractivity contribution is 0.0547. The van der Waals surface area contributed by atoms with E-state index in [4.69, 9.17) is 9.15 Å². The van der Waals surface area contributed by atoms with Crippen LogP contribution in [0.4, 0.5) is 5.13 Å². The largest absolute Gasteiger partial charge is 0.463 e. The number of nitrogens with one attached hydrogen (secondary N) is 1. The van der Waals surface area contributed by atoms with Crippen molar-refractivity contribution in [3.8, 4) is 11.5 Å². The zero-order valence-corrected chi connectivity index (χ0v) is 16.1. The lowest BCUT2D eigenvalue weighted by atomic mass is 9.94. The molecule has 0 atom stereocenters. The summed E-state index contributed by atoms with van der Waals surface area (Å²) in [6.45, 7) is 3.03. The van der Waals surface area contributed by atoms with Crippen molar-refractivity contribution >= 4 is 28.2 Å². The van der Waals surface area contributed by atoms with Gasteiger partial charge in [0, 0.05) is 31.5 Å². The second-order valence-corrected chi connectivity index (χ2v) is 7.63. The van der Waals surface area contributed by atoms with Gasteiger partial charge in [-0.2, -0.15) is 0 Å². The van der Waals surface area contributed by atoms with Gasteiger partial charge < -0.3 is 9.15 Å². The molecule has 8 heteroatoms. The van der Waals surface area contributed by atoms with E-state index in [1.807, 2.05) is 6.92 Å². The lowest BCUT2D eigenvalue weighted by Gasteiger charge is -2.20. The van der Waals surface area contributed by atoms with E-state index in [-0.39, 0.29) is 17.6 Å². The first-order valence-electron chi connectivity index (χ1n) is 9.01. The Morgan fingerprint density at radius 1 is 1.25 bits per heavy atom. The highest BCUT2D eigenvalue weighted by Gasteiger charge is 2.29. The number of furan rings is 1. The third-order valence-corrected chi connectivity index (χ3v) is 5.54. The van der Waals surface area contributed by atoms with Crippen molar-refractivity contribution < 1.29 is 18.7 Å². The maximum Gasteiger partial charge on any atom is 0.259 e. The molecule has 0 aliphatic carbocycles. The number of anilines is 1. The van der Waals surface area contributed by atoms with E-state index < -0.39 is 0 Å². The van der Waals surface area contributed by atoms with Crippen molar-refractivity contribution in [1.29, 1.82) is 0 Å². The molecule has 1 aliphatic heterocycles. The van der Waals surface area contributed by atoms with Gasteiger partial charge in [-0.25, -0.2) is 4.98 Å². The number of rotatable bonds is 5. The summed E-state index contributed by atoms with van der Waals surface area (Å²) in [7, 11) is 0. The molecule has 0 aromatic carbocycles. The highest BCUT2D eigenvalue weighted by atomic mass is 32.1. The Kier molecular flexibility index (Phi) is 5.31. The first kappa shape index (κ1) is 18.5. The summed E-state index contributed by atoms with van der Waals surface area (Å²) in [4.78, 5) is 34.6. The van der Waals surface area contributed by atoms with Crippen molar-refractivity contribution in [3.05, 3.63) is 52.9 Å². The van der Waals surface area contributed by atoms with E-state index in [9.17, 15) is 9.59 Å². The number of Topliss-reactive ketones (excluding diaryl/α,β-unsaturated/α-hetero) is 1. The minimum Gasteiger partial charge on any atom is -0.463 e. The Morgan fingerprint density at radius 3 is 2.79 bits per heavy atom. The lowest BCUT2D eigenvalue weighted by Crippen LogP contribution is -2.23. The molecule has 1 saturated heterocycles. The van der Waals surface area contributed by atoms with Gasteiger partial charge in [0.1, 0.15) is 10.6 Å². The number of ether oxygens (including phenoxy) is 1. The molecular formula is C20H19N3O4S. The van der Waals surface area contributed by atoms with Gasteiger partial charge in [-0.05, 0) is 43.5 Å². The second-order valence-electron chi connectivity index (χ2n) is 6.63. The Bertz CT molecular complexity index is 991. The topological polar surface area (TPSA) is 94.3 Å². The van der Waals surface area contributed by atoms with Crippen molar-refractivity contribution in [2.24, 2.45) is 5.92 Å². The van der Waals surface area contributed by atoms with E-state index in [1.54, 1.807) is 24.4 Å². The van der Waals surface area contributed by atoms with Crippen LogP contribution in [-0.2, 0) is 4.74 Å². The number of ketones is 1. The van der Waals surface area contributed by atoms with E-state index >= 15 is 0 Å². The number of pyridine rings is 1. The number of nitrogens with zero attached hydrogens (tertiary/aromatic N) is 2. The van der Waals surface area contributed by atoms with Crippen LogP contribution in [0.5, 0.6) is 0 Å². The third kappa shape index (κ3) is 3.88. The van der Waals surface area contributed by atoms with E-state index in [2.05, 4.69) is 15.3 Å². The second kappa shape index (κ2) is 8.04. The van der Waals surface area contributed by atoms with Gasteiger partial charge in [0.2, 0.25) is 0 Å². The SMILES string of the molecule is Cc1cncc(C(=O)Nc2nc(-c3ccco3)c(C(=O)C3CCOCC3)s2)c1. The maximum absolute atomic E-state index is 13.1. The van der Waals surface area contributed by atoms with Crippen molar-refractivity contribution in [3.63, 3.8) is 0 Å². The summed E-state index contributed by atoms with van der Waals surface area (Å²) in [5.74, 6) is 0.0998. The summed E-state index contributed by atoms with van der Waals surface area (Å²) >= 11 is 1.17. The van der Waals surface area contributed by atoms with Crippen LogP contribution in [-0.4, -0.2) is 34.9 Å². The quantitative estimate of drug-likeness (QED) is 0.655. The highest BCUT2D eigenvalue weighted by molar-refractivity contribution is 7.18. The fourth-order valence-corrected chi connectivity index (χ4v) is 4.10. The molecule has 0 unspecified atom stereocenters. The number of aryl methyl sites for hydroxylation is 1. The summed E-state index contributed by atoms with van der Waals surface area (Å²) in [6.07, 6.45) is 6.08. The van der Waals surface area contributed by atoms with E-state index in [1.165, 1.54) is 23.8 Å². The molecule has 144 valence electrons. The maximum atomic E-state index is 13.1. The molecule has 0 saturated carbocycles. The highest BCUT2D eigenvalue weighted by Crippen LogP contribution is 2.35. The molecule has 1 aliphatic rings. The van der Waals surface area contributed by atoms with Gasteiger partial charge in [0.15, 0.2) is 16.7 Å². The van der Waals surface area contributed by atoms with Gasteiger partial charge in [-0.15, -0.1) is 0 Å². The minimum absolute atomic E-state index is 0.0184.